The second kappa shape index (κ2) is 9.04. The summed E-state index contributed by atoms with van der Waals surface area (Å²) in [7, 11) is -4.00. The summed E-state index contributed by atoms with van der Waals surface area (Å²) in [5, 5.41) is 3.35. The first kappa shape index (κ1) is 19.5. The molecule has 1 aromatic rings. The first-order valence-corrected chi connectivity index (χ1v) is 9.50. The zero-order valence-corrected chi connectivity index (χ0v) is 14.9. The smallest absolute Gasteiger partial charge is 0.266 e. The van der Waals surface area contributed by atoms with Gasteiger partial charge in [-0.15, -0.1) is 0 Å². The normalized spacial score (nSPS) is 14.9. The number of nitrogens with one attached hydrogen (secondary N) is 4. The monoisotopic (exact) mass is 390 g/mol. The van der Waals surface area contributed by atoms with Gasteiger partial charge in [0.05, 0.1) is 4.90 Å². The van der Waals surface area contributed by atoms with Gasteiger partial charge in [-0.2, -0.15) is 0 Å². The Bertz CT molecular complexity index is 706. The minimum atomic E-state index is -4.00. The second-order valence-electron chi connectivity index (χ2n) is 5.46. The molecule has 1 aliphatic rings. The molecular weight excluding hydrogens is 371 g/mol. The molecule has 1 aliphatic carbocycles. The maximum Gasteiger partial charge on any atom is 0.266 e. The van der Waals surface area contributed by atoms with Gasteiger partial charge in [0.15, 0.2) is 5.11 Å². The Morgan fingerprint density at radius 2 is 1.84 bits per heavy atom. The number of hydrogen-bond acceptors (Lipinski definition) is 5. The molecule has 0 spiro atoms. The number of carbonyl (C=O) groups excluding carboxylic acids is 1. The molecule has 0 unspecified atom stereocenters. The van der Waals surface area contributed by atoms with Gasteiger partial charge in [-0.3, -0.25) is 20.5 Å². The number of benzene rings is 1. The lowest BCUT2D eigenvalue weighted by Gasteiger charge is -2.16. The highest BCUT2D eigenvalue weighted by atomic mass is 32.2. The van der Waals surface area contributed by atoms with Gasteiger partial charge in [0.25, 0.3) is 15.9 Å². The van der Waals surface area contributed by atoms with E-state index >= 15 is 0 Å². The summed E-state index contributed by atoms with van der Waals surface area (Å²) in [6.45, 7) is -0.570. The van der Waals surface area contributed by atoms with E-state index in [0.717, 1.165) is 49.9 Å². The van der Waals surface area contributed by atoms with E-state index in [0.29, 0.717) is 6.04 Å². The fourth-order valence-corrected chi connectivity index (χ4v) is 3.31. The number of sulfonamides is 1. The van der Waals surface area contributed by atoms with Crippen molar-refractivity contribution in [3.8, 4) is 0 Å². The number of halogens is 1. The van der Waals surface area contributed by atoms with Gasteiger partial charge in [-0.1, -0.05) is 17.7 Å². The fourth-order valence-electron chi connectivity index (χ4n) is 2.29. The van der Waals surface area contributed by atoms with Crippen molar-refractivity contribution in [2.45, 2.75) is 36.6 Å². The summed E-state index contributed by atoms with van der Waals surface area (Å²) < 4.78 is 36.5. The van der Waals surface area contributed by atoms with Crippen molar-refractivity contribution in [3.05, 3.63) is 30.1 Å². The van der Waals surface area contributed by atoms with Crippen LogP contribution >= 0.6 is 12.2 Å². The van der Waals surface area contributed by atoms with Crippen LogP contribution in [0, 0.1) is 5.82 Å². The van der Waals surface area contributed by atoms with Crippen LogP contribution in [0.25, 0.3) is 0 Å². The molecule has 1 aromatic carbocycles. The number of carbonyl (C=O) groups is 1. The average molecular weight is 390 g/mol. The molecule has 0 saturated heterocycles. The molecule has 8 nitrogen and oxygen atoms in total. The molecule has 0 bridgehead atoms. The van der Waals surface area contributed by atoms with E-state index in [2.05, 4.69) is 21.0 Å². The van der Waals surface area contributed by atoms with Crippen molar-refractivity contribution in [2.75, 3.05) is 6.61 Å². The van der Waals surface area contributed by atoms with Gasteiger partial charge in [-0.05, 0) is 49.3 Å². The summed E-state index contributed by atoms with van der Waals surface area (Å²) in [5.74, 6) is -1.19. The third kappa shape index (κ3) is 6.53. The molecule has 4 N–H and O–H groups in total. The van der Waals surface area contributed by atoms with Gasteiger partial charge >= 0.3 is 0 Å². The molecule has 0 radical (unpaired) electrons. The lowest BCUT2D eigenvalue weighted by Crippen LogP contribution is -2.50. The summed E-state index contributed by atoms with van der Waals surface area (Å²) in [4.78, 5) is 17.8. The van der Waals surface area contributed by atoms with Gasteiger partial charge in [0, 0.05) is 6.04 Å². The number of thiocarbonyl (C=S) groups is 1. The summed E-state index contributed by atoms with van der Waals surface area (Å²) in [5.41, 5.74) is 4.80. The number of amides is 1. The summed E-state index contributed by atoms with van der Waals surface area (Å²) in [6.07, 6.45) is 4.36. The lowest BCUT2D eigenvalue weighted by molar-refractivity contribution is -0.127. The lowest BCUT2D eigenvalue weighted by atomic mass is 10.3. The Balaban J connectivity index is 1.67. The molecule has 0 aliphatic heterocycles. The Labute approximate surface area is 150 Å². The van der Waals surface area contributed by atoms with Crippen LogP contribution in [-0.2, 0) is 19.7 Å². The van der Waals surface area contributed by atoms with E-state index in [4.69, 9.17) is 12.2 Å². The highest BCUT2D eigenvalue weighted by Gasteiger charge is 2.16. The van der Waals surface area contributed by atoms with E-state index < -0.39 is 28.4 Å². The predicted molar refractivity (Wildman–Crippen MR) is 91.9 cm³/mol. The van der Waals surface area contributed by atoms with Crippen LogP contribution in [0.3, 0.4) is 0 Å². The minimum Gasteiger partial charge on any atom is -0.359 e. The largest absolute Gasteiger partial charge is 0.359 e. The predicted octanol–water partition coefficient (Wildman–Crippen LogP) is 0.474. The van der Waals surface area contributed by atoms with E-state index in [9.17, 15) is 17.6 Å². The molecule has 25 heavy (non-hydrogen) atoms. The number of hydrogen-bond donors (Lipinski definition) is 4. The molecule has 1 amide bonds. The van der Waals surface area contributed by atoms with Gasteiger partial charge in [0.2, 0.25) is 0 Å². The van der Waals surface area contributed by atoms with Crippen LogP contribution in [0.5, 0.6) is 0 Å². The van der Waals surface area contributed by atoms with Gasteiger partial charge < -0.3 is 5.32 Å². The standard InChI is InChI=1S/C14H19FN4O4S2/c15-10-5-7-12(8-6-10)25(21,22)19-23-9-13(20)17-18-14(24)16-11-3-1-2-4-11/h5-8,11,19H,1-4,9H2,(H,17,20)(H2,16,18,24). The van der Waals surface area contributed by atoms with Crippen molar-refractivity contribution >= 4 is 33.3 Å². The van der Waals surface area contributed by atoms with Crippen molar-refractivity contribution in [1.82, 2.24) is 21.1 Å². The van der Waals surface area contributed by atoms with E-state index in [1.165, 1.54) is 0 Å². The number of hydrazine groups is 1. The highest BCUT2D eigenvalue weighted by Crippen LogP contribution is 2.17. The molecule has 11 heteroatoms. The zero-order chi connectivity index (χ0) is 18.3. The van der Waals surface area contributed by atoms with Crippen molar-refractivity contribution in [3.63, 3.8) is 0 Å². The van der Waals surface area contributed by atoms with Crippen LogP contribution in [0.4, 0.5) is 4.39 Å². The Morgan fingerprint density at radius 1 is 1.20 bits per heavy atom. The third-order valence-electron chi connectivity index (χ3n) is 3.50. The molecule has 0 aromatic heterocycles. The Morgan fingerprint density at radius 3 is 2.48 bits per heavy atom. The van der Waals surface area contributed by atoms with Crippen molar-refractivity contribution in [2.24, 2.45) is 0 Å². The van der Waals surface area contributed by atoms with Crippen LogP contribution in [0.2, 0.25) is 0 Å². The molecule has 1 saturated carbocycles. The van der Waals surface area contributed by atoms with Crippen LogP contribution < -0.4 is 21.1 Å². The summed E-state index contributed by atoms with van der Waals surface area (Å²) >= 11 is 5.04. The summed E-state index contributed by atoms with van der Waals surface area (Å²) in [6, 6.07) is 4.47. The number of rotatable bonds is 6. The maximum atomic E-state index is 12.8. The van der Waals surface area contributed by atoms with Gasteiger partial charge in [-0.25, -0.2) is 12.8 Å². The average Bonchev–Trinajstić information content (AvgIpc) is 3.06. The van der Waals surface area contributed by atoms with Crippen LogP contribution in [0.15, 0.2) is 29.2 Å². The molecule has 0 atom stereocenters. The second-order valence-corrected chi connectivity index (χ2v) is 7.51. The molecular formula is C14H19FN4O4S2. The Kier molecular flexibility index (Phi) is 7.05. The topological polar surface area (TPSA) is 109 Å². The molecule has 1 fully saturated rings. The molecule has 138 valence electrons. The molecule has 2 rings (SSSR count). The quantitative estimate of drug-likeness (QED) is 0.413. The van der Waals surface area contributed by atoms with E-state index in [1.54, 1.807) is 4.89 Å². The van der Waals surface area contributed by atoms with Crippen molar-refractivity contribution in [1.29, 1.82) is 0 Å². The maximum absolute atomic E-state index is 12.8. The zero-order valence-electron chi connectivity index (χ0n) is 13.2. The van der Waals surface area contributed by atoms with E-state index in [-0.39, 0.29) is 10.0 Å². The Hall–Kier alpha value is -1.82. The fraction of sp³-hybridized carbons (Fsp3) is 0.429. The van der Waals surface area contributed by atoms with Gasteiger partial charge in [0.1, 0.15) is 12.4 Å². The first-order valence-electron chi connectivity index (χ1n) is 7.61. The van der Waals surface area contributed by atoms with Crippen LogP contribution in [-0.4, -0.2) is 32.1 Å². The highest BCUT2D eigenvalue weighted by molar-refractivity contribution is 7.89. The van der Waals surface area contributed by atoms with Crippen molar-refractivity contribution < 1.29 is 22.4 Å². The first-order chi connectivity index (χ1) is 11.9. The SMILES string of the molecule is O=C(CONS(=O)(=O)c1ccc(F)cc1)NNC(=S)NC1CCCC1. The third-order valence-corrected chi connectivity index (χ3v) is 4.95. The molecule has 0 heterocycles. The van der Waals surface area contributed by atoms with Crippen LogP contribution in [0.1, 0.15) is 25.7 Å². The van der Waals surface area contributed by atoms with E-state index in [1.807, 2.05) is 0 Å². The minimum absolute atomic E-state index is 0.186.